The van der Waals surface area contributed by atoms with E-state index >= 15 is 0 Å². The van der Waals surface area contributed by atoms with Gasteiger partial charge in [0.15, 0.2) is 0 Å². The normalized spacial score (nSPS) is 15.5. The third-order valence-electron chi connectivity index (χ3n) is 6.31. The van der Waals surface area contributed by atoms with E-state index in [0.717, 1.165) is 6.42 Å². The van der Waals surface area contributed by atoms with Crippen molar-refractivity contribution in [2.45, 2.75) is 32.2 Å². The van der Waals surface area contributed by atoms with Gasteiger partial charge in [-0.05, 0) is 42.8 Å². The maximum Gasteiger partial charge on any atom is 0.335 e. The Morgan fingerprint density at radius 3 is 2.82 bits per heavy atom. The smallest absolute Gasteiger partial charge is 0.335 e. The number of hydrogen-bond donors (Lipinski definition) is 2. The molecule has 0 bridgehead atoms. The summed E-state index contributed by atoms with van der Waals surface area (Å²) in [6.45, 7) is 1.48. The van der Waals surface area contributed by atoms with Crippen molar-refractivity contribution in [3.8, 4) is 5.88 Å². The molecule has 9 nitrogen and oxygen atoms in total. The van der Waals surface area contributed by atoms with Gasteiger partial charge in [-0.3, -0.25) is 4.99 Å². The number of nitrogens with two attached hydrogens (primary N) is 1. The summed E-state index contributed by atoms with van der Waals surface area (Å²) in [4.78, 5) is 25.2. The van der Waals surface area contributed by atoms with Crippen molar-refractivity contribution in [1.29, 1.82) is 0 Å². The number of aliphatic imine (C=N–C) groups is 1. The minimum absolute atomic E-state index is 0.0142. The van der Waals surface area contributed by atoms with Gasteiger partial charge >= 0.3 is 5.97 Å². The highest BCUT2D eigenvalue weighted by Crippen LogP contribution is 2.23. The standard InChI is InChI=1S/C28H25ClFN5O4/c29-20-6-4-18(22(30)11-20)16-39-27-3-1-2-23(34-27)19(12-31)13-32-14-26-33-24-7-5-17(28(36)37)10-25(24)35(26)15-21-8-9-38-21/h1-7,10-13,21H,8-9,14-16,31H2,(H,36,37)/t21-/m0/s1. The van der Waals surface area contributed by atoms with Gasteiger partial charge in [-0.1, -0.05) is 23.7 Å². The SMILES string of the molecule is NC=C(C=NCc1nc2ccc(C(=O)O)cc2n1C[C@@H]1CCO1)c1cccc(OCc2ccc(Cl)cc2F)n1. The van der Waals surface area contributed by atoms with Crippen LogP contribution in [0.25, 0.3) is 16.6 Å². The molecule has 0 spiro atoms. The Bertz CT molecular complexity index is 1580. The molecule has 0 amide bonds. The van der Waals surface area contributed by atoms with Crippen LogP contribution < -0.4 is 10.5 Å². The number of fused-ring (bicyclic) bond motifs is 1. The van der Waals surface area contributed by atoms with Crippen LogP contribution in [0.4, 0.5) is 4.39 Å². The predicted molar refractivity (Wildman–Crippen MR) is 145 cm³/mol. The highest BCUT2D eigenvalue weighted by molar-refractivity contribution is 6.30. The van der Waals surface area contributed by atoms with Gasteiger partial charge in [0.2, 0.25) is 5.88 Å². The summed E-state index contributed by atoms with van der Waals surface area (Å²) in [5.74, 6) is -0.488. The van der Waals surface area contributed by atoms with E-state index in [2.05, 4.69) is 15.0 Å². The lowest BCUT2D eigenvalue weighted by atomic mass is 10.1. The van der Waals surface area contributed by atoms with Gasteiger partial charge < -0.3 is 24.9 Å². The van der Waals surface area contributed by atoms with Crippen molar-refractivity contribution in [3.05, 3.63) is 94.3 Å². The molecule has 1 aliphatic heterocycles. The molecule has 5 rings (SSSR count). The van der Waals surface area contributed by atoms with Crippen molar-refractivity contribution >= 4 is 40.4 Å². The molecule has 0 unspecified atom stereocenters. The lowest BCUT2D eigenvalue weighted by molar-refractivity contribution is -0.0590. The van der Waals surface area contributed by atoms with E-state index in [-0.39, 0.29) is 24.8 Å². The fourth-order valence-corrected chi connectivity index (χ4v) is 4.29. The summed E-state index contributed by atoms with van der Waals surface area (Å²) in [7, 11) is 0. The molecule has 2 aromatic heterocycles. The predicted octanol–water partition coefficient (Wildman–Crippen LogP) is 4.86. The number of benzene rings is 2. The molecule has 200 valence electrons. The van der Waals surface area contributed by atoms with E-state index in [1.165, 1.54) is 18.3 Å². The van der Waals surface area contributed by atoms with Crippen LogP contribution in [0.15, 0.2) is 65.8 Å². The Hall–Kier alpha value is -4.28. The average Bonchev–Trinajstić information content (AvgIpc) is 3.24. The molecule has 2 aromatic carbocycles. The number of pyridine rings is 1. The Labute approximate surface area is 228 Å². The van der Waals surface area contributed by atoms with Crippen LogP contribution in [-0.2, 0) is 24.4 Å². The zero-order chi connectivity index (χ0) is 27.4. The van der Waals surface area contributed by atoms with Gasteiger partial charge in [-0.25, -0.2) is 19.2 Å². The first kappa shape index (κ1) is 26.3. The molecule has 4 aromatic rings. The quantitative estimate of drug-likeness (QED) is 0.271. The van der Waals surface area contributed by atoms with Crippen LogP contribution in [0, 0.1) is 5.82 Å². The molecule has 1 atom stereocenters. The number of carbonyl (C=O) groups is 1. The van der Waals surface area contributed by atoms with Crippen molar-refractivity contribution < 1.29 is 23.8 Å². The van der Waals surface area contributed by atoms with Crippen LogP contribution in [-0.4, -0.2) is 44.5 Å². The van der Waals surface area contributed by atoms with E-state index in [1.807, 2.05) is 4.57 Å². The summed E-state index contributed by atoms with van der Waals surface area (Å²) in [5, 5.41) is 9.73. The number of aromatic nitrogens is 3. The number of nitrogens with zero attached hydrogens (tertiary/aromatic N) is 4. The Morgan fingerprint density at radius 1 is 1.26 bits per heavy atom. The van der Waals surface area contributed by atoms with Crippen molar-refractivity contribution in [2.75, 3.05) is 6.61 Å². The molecular formula is C28H25ClFN5O4. The van der Waals surface area contributed by atoms with Gasteiger partial charge in [0.05, 0.1) is 41.5 Å². The number of rotatable bonds is 10. The summed E-state index contributed by atoms with van der Waals surface area (Å²) < 4.78 is 27.3. The Morgan fingerprint density at radius 2 is 2.10 bits per heavy atom. The summed E-state index contributed by atoms with van der Waals surface area (Å²) >= 11 is 5.81. The summed E-state index contributed by atoms with van der Waals surface area (Å²) in [5.41, 5.74) is 8.89. The molecule has 0 radical (unpaired) electrons. The van der Waals surface area contributed by atoms with Gasteiger partial charge in [0.25, 0.3) is 0 Å². The van der Waals surface area contributed by atoms with Crippen LogP contribution in [0.5, 0.6) is 5.88 Å². The third kappa shape index (κ3) is 6.08. The first-order chi connectivity index (χ1) is 18.9. The molecule has 3 heterocycles. The Kier molecular flexibility index (Phi) is 7.85. The lowest BCUT2D eigenvalue weighted by Gasteiger charge is -2.27. The molecule has 3 N–H and O–H groups in total. The number of carboxylic acid groups (broad SMARTS) is 1. The summed E-state index contributed by atoms with van der Waals surface area (Å²) in [6.07, 6.45) is 3.96. The van der Waals surface area contributed by atoms with E-state index in [1.54, 1.807) is 48.7 Å². The number of imidazole rings is 1. The molecule has 0 saturated carbocycles. The highest BCUT2D eigenvalue weighted by Gasteiger charge is 2.22. The molecule has 1 fully saturated rings. The van der Waals surface area contributed by atoms with Crippen LogP contribution in [0.1, 0.15) is 33.9 Å². The van der Waals surface area contributed by atoms with Gasteiger partial charge in [-0.15, -0.1) is 0 Å². The van der Waals surface area contributed by atoms with Gasteiger partial charge in [0, 0.05) is 41.2 Å². The maximum absolute atomic E-state index is 14.1. The monoisotopic (exact) mass is 549 g/mol. The van der Waals surface area contributed by atoms with Gasteiger partial charge in [0.1, 0.15) is 18.2 Å². The molecule has 1 saturated heterocycles. The average molecular weight is 550 g/mol. The molecular weight excluding hydrogens is 525 g/mol. The number of allylic oxidation sites excluding steroid dienone is 1. The van der Waals surface area contributed by atoms with E-state index in [4.69, 9.17) is 26.8 Å². The third-order valence-corrected chi connectivity index (χ3v) is 6.54. The second kappa shape index (κ2) is 11.6. The van der Waals surface area contributed by atoms with Crippen molar-refractivity contribution in [1.82, 2.24) is 14.5 Å². The zero-order valence-corrected chi connectivity index (χ0v) is 21.5. The van der Waals surface area contributed by atoms with Crippen LogP contribution in [0.3, 0.4) is 0 Å². The fourth-order valence-electron chi connectivity index (χ4n) is 4.13. The molecule has 0 aliphatic carbocycles. The van der Waals surface area contributed by atoms with Crippen molar-refractivity contribution in [3.63, 3.8) is 0 Å². The largest absolute Gasteiger partial charge is 0.478 e. The molecule has 11 heteroatoms. The van der Waals surface area contributed by atoms with Crippen LogP contribution >= 0.6 is 11.6 Å². The number of halogens is 2. The minimum atomic E-state index is -1.00. The molecule has 1 aliphatic rings. The van der Waals surface area contributed by atoms with E-state index in [9.17, 15) is 14.3 Å². The minimum Gasteiger partial charge on any atom is -0.478 e. The summed E-state index contributed by atoms with van der Waals surface area (Å²) in [6, 6.07) is 14.4. The van der Waals surface area contributed by atoms with Crippen molar-refractivity contribution in [2.24, 2.45) is 10.7 Å². The number of carboxylic acids is 1. The first-order valence-electron chi connectivity index (χ1n) is 12.2. The Balaban J connectivity index is 1.32. The second-order valence-electron chi connectivity index (χ2n) is 8.91. The highest BCUT2D eigenvalue weighted by atomic mass is 35.5. The van der Waals surface area contributed by atoms with E-state index < -0.39 is 11.8 Å². The molecule has 39 heavy (non-hydrogen) atoms. The first-order valence-corrected chi connectivity index (χ1v) is 12.6. The zero-order valence-electron chi connectivity index (χ0n) is 20.8. The van der Waals surface area contributed by atoms with E-state index in [0.29, 0.717) is 57.7 Å². The lowest BCUT2D eigenvalue weighted by Crippen LogP contribution is -2.31. The number of ether oxygens (including phenoxy) is 2. The van der Waals surface area contributed by atoms with Gasteiger partial charge in [-0.2, -0.15) is 0 Å². The maximum atomic E-state index is 14.1. The number of hydrogen-bond acceptors (Lipinski definition) is 7. The fraction of sp³-hybridized carbons (Fsp3) is 0.214. The van der Waals surface area contributed by atoms with Crippen LogP contribution in [0.2, 0.25) is 5.02 Å². The number of aromatic carboxylic acids is 1. The topological polar surface area (TPSA) is 125 Å². The second-order valence-corrected chi connectivity index (χ2v) is 9.34.